The minimum Gasteiger partial charge on any atom is -0.0856 e. The van der Waals surface area contributed by atoms with E-state index in [1.54, 1.807) is 5.57 Å². The first-order chi connectivity index (χ1) is 8.35. The van der Waals surface area contributed by atoms with Gasteiger partial charge < -0.3 is 0 Å². The molecule has 0 aliphatic carbocycles. The minimum absolute atomic E-state index is 1.21. The van der Waals surface area contributed by atoms with Crippen molar-refractivity contribution in [2.75, 3.05) is 0 Å². The molecule has 0 fully saturated rings. The van der Waals surface area contributed by atoms with E-state index in [1.807, 2.05) is 0 Å². The van der Waals surface area contributed by atoms with Gasteiger partial charge in [0, 0.05) is 0 Å². The lowest BCUT2D eigenvalue weighted by Gasteiger charge is -2.05. The van der Waals surface area contributed by atoms with Crippen molar-refractivity contribution in [3.63, 3.8) is 0 Å². The Balaban J connectivity index is 3.20. The molecule has 17 heavy (non-hydrogen) atoms. The zero-order valence-corrected chi connectivity index (χ0v) is 12.6. The molecule has 0 rings (SSSR count). The summed E-state index contributed by atoms with van der Waals surface area (Å²) in [5, 5.41) is 0. The summed E-state index contributed by atoms with van der Waals surface area (Å²) >= 11 is 0. The molecule has 0 aromatic heterocycles. The average Bonchev–Trinajstić information content (AvgIpc) is 2.35. The molecule has 0 bridgehead atoms. The van der Waals surface area contributed by atoms with Crippen LogP contribution in [0.15, 0.2) is 11.6 Å². The maximum absolute atomic E-state index is 2.42. The Morgan fingerprint density at radius 2 is 1.24 bits per heavy atom. The quantitative estimate of drug-likeness (QED) is 0.263. The summed E-state index contributed by atoms with van der Waals surface area (Å²) in [6.45, 7) is 6.82. The SMILES string of the molecule is CCC=C(CC)CCCCCCCCCCC. The first-order valence-corrected chi connectivity index (χ1v) is 8.03. The van der Waals surface area contributed by atoms with Crippen molar-refractivity contribution >= 4 is 0 Å². The smallest absolute Gasteiger partial charge is 0.0320 e. The molecule has 0 saturated carbocycles. The van der Waals surface area contributed by atoms with Gasteiger partial charge in [0.2, 0.25) is 0 Å². The molecular formula is C17H34. The normalized spacial score (nSPS) is 12.1. The van der Waals surface area contributed by atoms with Gasteiger partial charge in [0.05, 0.1) is 0 Å². The molecule has 0 aromatic carbocycles. The van der Waals surface area contributed by atoms with Gasteiger partial charge in [-0.1, -0.05) is 83.8 Å². The van der Waals surface area contributed by atoms with E-state index in [0.717, 1.165) is 0 Å². The fraction of sp³-hybridized carbons (Fsp3) is 0.882. The van der Waals surface area contributed by atoms with Gasteiger partial charge in [-0.25, -0.2) is 0 Å². The Labute approximate surface area is 110 Å². The van der Waals surface area contributed by atoms with Crippen LogP contribution in [-0.2, 0) is 0 Å². The second-order valence-corrected chi connectivity index (χ2v) is 5.20. The molecule has 0 radical (unpaired) electrons. The lowest BCUT2D eigenvalue weighted by molar-refractivity contribution is 0.563. The number of allylic oxidation sites excluding steroid dienone is 2. The summed E-state index contributed by atoms with van der Waals surface area (Å²) in [4.78, 5) is 0. The fourth-order valence-electron chi connectivity index (χ4n) is 2.37. The van der Waals surface area contributed by atoms with Gasteiger partial charge in [-0.2, -0.15) is 0 Å². The highest BCUT2D eigenvalue weighted by Crippen LogP contribution is 2.15. The van der Waals surface area contributed by atoms with Gasteiger partial charge >= 0.3 is 0 Å². The van der Waals surface area contributed by atoms with E-state index in [9.17, 15) is 0 Å². The fourth-order valence-corrected chi connectivity index (χ4v) is 2.37. The molecule has 0 spiro atoms. The van der Waals surface area contributed by atoms with Crippen molar-refractivity contribution in [1.82, 2.24) is 0 Å². The third kappa shape index (κ3) is 12.0. The molecule has 102 valence electrons. The summed E-state index contributed by atoms with van der Waals surface area (Å²) in [7, 11) is 0. The first kappa shape index (κ1) is 16.7. The minimum atomic E-state index is 1.21. The van der Waals surface area contributed by atoms with E-state index in [0.29, 0.717) is 0 Å². The molecular weight excluding hydrogens is 204 g/mol. The first-order valence-electron chi connectivity index (χ1n) is 8.03. The van der Waals surface area contributed by atoms with Crippen LogP contribution in [0.25, 0.3) is 0 Å². The summed E-state index contributed by atoms with van der Waals surface area (Å²) in [6.07, 6.45) is 19.2. The van der Waals surface area contributed by atoms with Crippen molar-refractivity contribution in [2.24, 2.45) is 0 Å². The highest BCUT2D eigenvalue weighted by atomic mass is 14.0. The molecule has 0 aromatic rings. The molecule has 0 heteroatoms. The van der Waals surface area contributed by atoms with Crippen molar-refractivity contribution in [1.29, 1.82) is 0 Å². The maximum atomic E-state index is 2.42. The monoisotopic (exact) mass is 238 g/mol. The van der Waals surface area contributed by atoms with E-state index >= 15 is 0 Å². The number of rotatable bonds is 12. The molecule has 0 amide bonds. The summed E-state index contributed by atoms with van der Waals surface area (Å²) in [5.41, 5.74) is 1.68. The van der Waals surface area contributed by atoms with Crippen LogP contribution in [0.2, 0.25) is 0 Å². The average molecular weight is 238 g/mol. The van der Waals surface area contributed by atoms with Crippen LogP contribution in [-0.4, -0.2) is 0 Å². The Morgan fingerprint density at radius 1 is 0.706 bits per heavy atom. The van der Waals surface area contributed by atoms with Crippen LogP contribution in [0.4, 0.5) is 0 Å². The van der Waals surface area contributed by atoms with Gasteiger partial charge in [-0.05, 0) is 25.7 Å². The number of hydrogen-bond donors (Lipinski definition) is 0. The zero-order valence-electron chi connectivity index (χ0n) is 12.6. The largest absolute Gasteiger partial charge is 0.0856 e. The van der Waals surface area contributed by atoms with E-state index in [4.69, 9.17) is 0 Å². The third-order valence-corrected chi connectivity index (χ3v) is 3.55. The lowest BCUT2D eigenvalue weighted by Crippen LogP contribution is -1.85. The molecule has 0 aliphatic rings. The summed E-state index contributed by atoms with van der Waals surface area (Å²) in [5.74, 6) is 0. The molecule has 0 N–H and O–H groups in total. The van der Waals surface area contributed by atoms with Gasteiger partial charge in [-0.3, -0.25) is 0 Å². The zero-order chi connectivity index (χ0) is 12.8. The molecule has 0 heterocycles. The van der Waals surface area contributed by atoms with E-state index in [1.165, 1.54) is 77.0 Å². The van der Waals surface area contributed by atoms with Crippen LogP contribution < -0.4 is 0 Å². The topological polar surface area (TPSA) is 0 Å². The van der Waals surface area contributed by atoms with Crippen LogP contribution in [0.3, 0.4) is 0 Å². The molecule has 0 saturated heterocycles. The predicted molar refractivity (Wildman–Crippen MR) is 80.5 cm³/mol. The predicted octanol–water partition coefficient (Wildman–Crippen LogP) is 6.65. The van der Waals surface area contributed by atoms with Gasteiger partial charge in [0.25, 0.3) is 0 Å². The number of unbranched alkanes of at least 4 members (excludes halogenated alkanes) is 8. The second-order valence-electron chi connectivity index (χ2n) is 5.20. The van der Waals surface area contributed by atoms with E-state index in [2.05, 4.69) is 26.8 Å². The summed E-state index contributed by atoms with van der Waals surface area (Å²) in [6, 6.07) is 0. The van der Waals surface area contributed by atoms with Crippen LogP contribution in [0.5, 0.6) is 0 Å². The summed E-state index contributed by atoms with van der Waals surface area (Å²) < 4.78 is 0. The van der Waals surface area contributed by atoms with E-state index < -0.39 is 0 Å². The number of hydrogen-bond acceptors (Lipinski definition) is 0. The second kappa shape index (κ2) is 13.8. The van der Waals surface area contributed by atoms with Crippen LogP contribution >= 0.6 is 0 Å². The van der Waals surface area contributed by atoms with Crippen LogP contribution in [0.1, 0.15) is 97.8 Å². The van der Waals surface area contributed by atoms with E-state index in [-0.39, 0.29) is 0 Å². The molecule has 0 aliphatic heterocycles. The molecule has 0 unspecified atom stereocenters. The standard InChI is InChI=1S/C17H34/c1-4-7-8-9-10-11-12-13-14-16-17(6-3)15-5-2/h15H,4-14,16H2,1-3H3. The van der Waals surface area contributed by atoms with Gasteiger partial charge in [0.1, 0.15) is 0 Å². The Morgan fingerprint density at radius 3 is 1.71 bits per heavy atom. The van der Waals surface area contributed by atoms with Crippen LogP contribution in [0, 0.1) is 0 Å². The maximum Gasteiger partial charge on any atom is -0.0320 e. The molecule has 0 nitrogen and oxygen atoms in total. The van der Waals surface area contributed by atoms with Gasteiger partial charge in [-0.15, -0.1) is 0 Å². The Kier molecular flexibility index (Phi) is 13.6. The van der Waals surface area contributed by atoms with Crippen molar-refractivity contribution in [3.8, 4) is 0 Å². The van der Waals surface area contributed by atoms with Crippen molar-refractivity contribution in [2.45, 2.75) is 97.8 Å². The van der Waals surface area contributed by atoms with Gasteiger partial charge in [0.15, 0.2) is 0 Å². The van der Waals surface area contributed by atoms with Crippen molar-refractivity contribution < 1.29 is 0 Å². The Bertz CT molecular complexity index is 167. The lowest BCUT2D eigenvalue weighted by atomic mass is 10.0. The highest BCUT2D eigenvalue weighted by molar-refractivity contribution is 5.00. The Hall–Kier alpha value is -0.260. The molecule has 0 atom stereocenters. The highest BCUT2D eigenvalue weighted by Gasteiger charge is 1.95. The third-order valence-electron chi connectivity index (χ3n) is 3.55. The van der Waals surface area contributed by atoms with Crippen molar-refractivity contribution in [3.05, 3.63) is 11.6 Å².